The van der Waals surface area contributed by atoms with E-state index in [1.165, 1.54) is 5.57 Å². The Balaban J connectivity index is 1.93. The van der Waals surface area contributed by atoms with Gasteiger partial charge in [-0.05, 0) is 33.1 Å². The number of hydrogen-bond donors (Lipinski definition) is 3. The summed E-state index contributed by atoms with van der Waals surface area (Å²) in [6.07, 6.45) is 5.72. The van der Waals surface area contributed by atoms with E-state index in [0.29, 0.717) is 25.2 Å². The Hall–Kier alpha value is -1.89. The lowest BCUT2D eigenvalue weighted by atomic mass is 9.77. The third-order valence-electron chi connectivity index (χ3n) is 4.42. The monoisotopic (exact) mass is 321 g/mol. The molecule has 1 aliphatic rings. The van der Waals surface area contributed by atoms with E-state index in [0.717, 1.165) is 25.8 Å². The number of aryl methyl sites for hydroxylation is 1. The molecule has 1 amide bonds. The van der Waals surface area contributed by atoms with Gasteiger partial charge >= 0.3 is 0 Å². The number of likely N-dealkylation sites (tertiary alicyclic amines) is 1. The molecule has 1 aromatic rings. The minimum absolute atomic E-state index is 0.0923. The van der Waals surface area contributed by atoms with Crippen molar-refractivity contribution in [2.75, 3.05) is 25.4 Å². The van der Waals surface area contributed by atoms with Crippen LogP contribution < -0.4 is 5.73 Å². The van der Waals surface area contributed by atoms with Crippen molar-refractivity contribution in [1.82, 2.24) is 20.1 Å². The van der Waals surface area contributed by atoms with Gasteiger partial charge in [0.2, 0.25) is 11.9 Å². The number of piperidine rings is 1. The Morgan fingerprint density at radius 1 is 1.52 bits per heavy atom. The highest BCUT2D eigenvalue weighted by molar-refractivity contribution is 5.76. The molecule has 1 unspecified atom stereocenters. The Morgan fingerprint density at radius 2 is 2.30 bits per heavy atom. The van der Waals surface area contributed by atoms with Crippen molar-refractivity contribution >= 4 is 11.9 Å². The molecule has 1 fully saturated rings. The van der Waals surface area contributed by atoms with E-state index in [1.807, 2.05) is 4.90 Å². The minimum atomic E-state index is -0.207. The normalized spacial score (nSPS) is 21.3. The summed E-state index contributed by atoms with van der Waals surface area (Å²) < 4.78 is 0. The highest BCUT2D eigenvalue weighted by Gasteiger charge is 2.35. The number of rotatable bonds is 6. The Kier molecular flexibility index (Phi) is 5.76. The number of hydrogen-bond acceptors (Lipinski definition) is 5. The van der Waals surface area contributed by atoms with Crippen LogP contribution in [0.3, 0.4) is 0 Å². The molecule has 0 spiro atoms. The number of aromatic amines is 1. The molecule has 1 aromatic heterocycles. The van der Waals surface area contributed by atoms with Crippen LogP contribution in [0.4, 0.5) is 5.95 Å². The second-order valence-electron chi connectivity index (χ2n) is 6.70. The third-order valence-corrected chi connectivity index (χ3v) is 4.42. The average Bonchev–Trinajstić information content (AvgIpc) is 2.96. The zero-order chi connectivity index (χ0) is 16.9. The minimum Gasteiger partial charge on any atom is -0.396 e. The van der Waals surface area contributed by atoms with E-state index in [-0.39, 0.29) is 23.9 Å². The van der Waals surface area contributed by atoms with Gasteiger partial charge in [0.15, 0.2) is 0 Å². The summed E-state index contributed by atoms with van der Waals surface area (Å²) in [5.74, 6) is 0.923. The molecular weight excluding hydrogens is 294 g/mol. The molecule has 0 radical (unpaired) electrons. The number of aliphatic hydroxyl groups is 1. The van der Waals surface area contributed by atoms with Gasteiger partial charge in [-0.2, -0.15) is 4.98 Å². The van der Waals surface area contributed by atoms with E-state index in [9.17, 15) is 9.90 Å². The quantitative estimate of drug-likeness (QED) is 0.684. The molecule has 7 heteroatoms. The second-order valence-corrected chi connectivity index (χ2v) is 6.70. The van der Waals surface area contributed by atoms with Crippen LogP contribution in [-0.4, -0.2) is 50.8 Å². The number of anilines is 1. The summed E-state index contributed by atoms with van der Waals surface area (Å²) in [5, 5.41) is 16.3. The third kappa shape index (κ3) is 4.79. The zero-order valence-electron chi connectivity index (χ0n) is 14.0. The van der Waals surface area contributed by atoms with Crippen molar-refractivity contribution in [3.05, 3.63) is 17.5 Å². The molecule has 7 nitrogen and oxygen atoms in total. The molecule has 0 aromatic carbocycles. The lowest BCUT2D eigenvalue weighted by molar-refractivity contribution is -0.135. The van der Waals surface area contributed by atoms with E-state index in [1.54, 1.807) is 0 Å². The van der Waals surface area contributed by atoms with Crippen molar-refractivity contribution in [2.24, 2.45) is 5.41 Å². The molecule has 1 atom stereocenters. The molecule has 0 bridgehead atoms. The number of aliphatic hydroxyl groups excluding tert-OH is 1. The van der Waals surface area contributed by atoms with Crippen molar-refractivity contribution in [3.8, 4) is 0 Å². The van der Waals surface area contributed by atoms with Crippen LogP contribution in [0.1, 0.15) is 45.4 Å². The maximum Gasteiger partial charge on any atom is 0.239 e. The largest absolute Gasteiger partial charge is 0.396 e. The Bertz CT molecular complexity index is 565. The van der Waals surface area contributed by atoms with Crippen molar-refractivity contribution in [3.63, 3.8) is 0 Å². The zero-order valence-corrected chi connectivity index (χ0v) is 14.0. The highest BCUT2D eigenvalue weighted by Crippen LogP contribution is 2.34. The average molecular weight is 321 g/mol. The van der Waals surface area contributed by atoms with Crippen LogP contribution in [0.2, 0.25) is 0 Å². The van der Waals surface area contributed by atoms with E-state index in [4.69, 9.17) is 5.73 Å². The first kappa shape index (κ1) is 17.5. The molecule has 2 rings (SSSR count). The van der Waals surface area contributed by atoms with Crippen LogP contribution in [0.25, 0.3) is 0 Å². The van der Waals surface area contributed by atoms with Gasteiger partial charge in [-0.1, -0.05) is 11.6 Å². The Morgan fingerprint density at radius 3 is 2.91 bits per heavy atom. The van der Waals surface area contributed by atoms with Crippen LogP contribution >= 0.6 is 0 Å². The summed E-state index contributed by atoms with van der Waals surface area (Å²) in [5.41, 5.74) is 6.49. The number of amides is 1. The number of carbonyl (C=O) groups excluding carboxylic acids is 1. The lowest BCUT2D eigenvalue weighted by Gasteiger charge is -2.41. The van der Waals surface area contributed by atoms with Crippen LogP contribution in [-0.2, 0) is 11.2 Å². The smallest absolute Gasteiger partial charge is 0.239 e. The molecule has 4 N–H and O–H groups in total. The number of allylic oxidation sites excluding steroid dienone is 2. The molecule has 0 saturated carbocycles. The van der Waals surface area contributed by atoms with Gasteiger partial charge in [0.05, 0.1) is 6.61 Å². The van der Waals surface area contributed by atoms with Gasteiger partial charge in [0.25, 0.3) is 0 Å². The number of H-pyrrole nitrogens is 1. The molecule has 2 heterocycles. The van der Waals surface area contributed by atoms with Crippen molar-refractivity contribution < 1.29 is 9.90 Å². The van der Waals surface area contributed by atoms with E-state index >= 15 is 0 Å². The molecule has 0 aliphatic carbocycles. The van der Waals surface area contributed by atoms with Crippen LogP contribution in [0.5, 0.6) is 0 Å². The first-order valence-corrected chi connectivity index (χ1v) is 8.13. The number of aromatic nitrogens is 3. The van der Waals surface area contributed by atoms with E-state index in [2.05, 4.69) is 35.1 Å². The summed E-state index contributed by atoms with van der Waals surface area (Å²) >= 11 is 0. The molecule has 23 heavy (non-hydrogen) atoms. The van der Waals surface area contributed by atoms with E-state index < -0.39 is 0 Å². The summed E-state index contributed by atoms with van der Waals surface area (Å²) in [7, 11) is 0. The first-order valence-electron chi connectivity index (χ1n) is 8.13. The summed E-state index contributed by atoms with van der Waals surface area (Å²) in [4.78, 5) is 18.3. The van der Waals surface area contributed by atoms with Gasteiger partial charge in [-0.3, -0.25) is 9.89 Å². The topological polar surface area (TPSA) is 108 Å². The van der Waals surface area contributed by atoms with Gasteiger partial charge < -0.3 is 15.7 Å². The number of nitrogens with one attached hydrogen (secondary N) is 1. The molecule has 128 valence electrons. The number of nitrogens with zero attached hydrogens (tertiary/aromatic N) is 3. The SMILES string of the molecule is CC(C)=CCC1(CO)CCCN(C(=O)CCc2nc(N)n[nH]2)C1. The van der Waals surface area contributed by atoms with Gasteiger partial charge in [-0.15, -0.1) is 5.10 Å². The maximum absolute atomic E-state index is 12.5. The molecule has 1 saturated heterocycles. The van der Waals surface area contributed by atoms with Gasteiger partial charge in [-0.25, -0.2) is 0 Å². The maximum atomic E-state index is 12.5. The predicted molar refractivity (Wildman–Crippen MR) is 88.5 cm³/mol. The Labute approximate surface area is 137 Å². The number of nitrogen functional groups attached to an aromatic ring is 1. The predicted octanol–water partition coefficient (Wildman–Crippen LogP) is 1.28. The van der Waals surface area contributed by atoms with Gasteiger partial charge in [0.1, 0.15) is 5.82 Å². The molecular formula is C16H27N5O2. The molecule has 1 aliphatic heterocycles. The van der Waals surface area contributed by atoms with Crippen LogP contribution in [0.15, 0.2) is 11.6 Å². The fourth-order valence-electron chi connectivity index (χ4n) is 3.01. The highest BCUT2D eigenvalue weighted by atomic mass is 16.3. The van der Waals surface area contributed by atoms with Gasteiger partial charge in [0, 0.05) is 31.3 Å². The van der Waals surface area contributed by atoms with Crippen molar-refractivity contribution in [1.29, 1.82) is 0 Å². The number of nitrogens with two attached hydrogens (primary N) is 1. The lowest BCUT2D eigenvalue weighted by Crippen LogP contribution is -2.47. The first-order chi connectivity index (χ1) is 10.9. The standard InChI is InChI=1S/C16H27N5O2/c1-12(2)6-8-16(11-22)7-3-9-21(10-16)14(23)5-4-13-18-15(17)20-19-13/h6,22H,3-5,7-11H2,1-2H3,(H3,17,18,19,20). The number of carbonyl (C=O) groups is 1. The summed E-state index contributed by atoms with van der Waals surface area (Å²) in [6, 6.07) is 0. The van der Waals surface area contributed by atoms with Crippen molar-refractivity contribution in [2.45, 2.75) is 46.0 Å². The fraction of sp³-hybridized carbons (Fsp3) is 0.688. The second kappa shape index (κ2) is 7.59. The van der Waals surface area contributed by atoms with Crippen LogP contribution in [0, 0.1) is 5.41 Å². The fourth-order valence-corrected chi connectivity index (χ4v) is 3.01. The summed E-state index contributed by atoms with van der Waals surface area (Å²) in [6.45, 7) is 5.59.